The lowest BCUT2D eigenvalue weighted by Gasteiger charge is -2.24. The molecule has 4 heterocycles. The van der Waals surface area contributed by atoms with Crippen molar-refractivity contribution in [3.05, 3.63) is 156 Å². The Morgan fingerprint density at radius 2 is 1.48 bits per heavy atom. The molecule has 1 unspecified atom stereocenters. The Kier molecular flexibility index (Phi) is 6.11. The fourth-order valence-electron chi connectivity index (χ4n) is 7.07. The van der Waals surface area contributed by atoms with Gasteiger partial charge in [0.15, 0.2) is 11.6 Å². The van der Waals surface area contributed by atoms with E-state index in [1.807, 2.05) is 35.6 Å². The molecular weight excluding hydrogens is 609 g/mol. The molecule has 2 aromatic heterocycles. The first-order valence-electron chi connectivity index (χ1n) is 16.2. The quantitative estimate of drug-likeness (QED) is 0.202. The smallest absolute Gasteiger partial charge is 0.160 e. The van der Waals surface area contributed by atoms with Crippen molar-refractivity contribution in [1.29, 1.82) is 0 Å². The molecule has 6 aromatic carbocycles. The van der Waals surface area contributed by atoms with Crippen LogP contribution in [0, 0.1) is 0 Å². The van der Waals surface area contributed by atoms with Crippen molar-refractivity contribution in [2.24, 2.45) is 9.98 Å². The summed E-state index contributed by atoms with van der Waals surface area (Å²) in [5.74, 6) is 2.28. The van der Waals surface area contributed by atoms with E-state index >= 15 is 0 Å². The van der Waals surface area contributed by atoms with Crippen LogP contribution in [0.25, 0.3) is 59.1 Å². The minimum absolute atomic E-state index is 0.305. The van der Waals surface area contributed by atoms with Crippen molar-refractivity contribution in [3.63, 3.8) is 0 Å². The zero-order valence-corrected chi connectivity index (χ0v) is 26.6. The summed E-state index contributed by atoms with van der Waals surface area (Å²) in [7, 11) is 0. The summed E-state index contributed by atoms with van der Waals surface area (Å²) < 4.78 is 9.12. The first-order valence-corrected chi connectivity index (χ1v) is 17.0. The van der Waals surface area contributed by atoms with E-state index < -0.39 is 0 Å². The van der Waals surface area contributed by atoms with Gasteiger partial charge in [-0.3, -0.25) is 0 Å². The van der Waals surface area contributed by atoms with E-state index in [0.29, 0.717) is 5.84 Å². The van der Waals surface area contributed by atoms with E-state index in [0.717, 1.165) is 62.6 Å². The molecule has 0 spiro atoms. The summed E-state index contributed by atoms with van der Waals surface area (Å²) in [6, 6.07) is 44.9. The molecule has 2 aliphatic rings. The molecule has 0 saturated carbocycles. The number of nitrogens with zero attached hydrogens (tertiary/aromatic N) is 2. The second-order valence-electron chi connectivity index (χ2n) is 12.2. The van der Waals surface area contributed by atoms with Crippen LogP contribution in [0.5, 0.6) is 0 Å². The first kappa shape index (κ1) is 27.2. The van der Waals surface area contributed by atoms with E-state index in [1.165, 1.54) is 30.9 Å². The molecule has 0 saturated heterocycles. The third-order valence-corrected chi connectivity index (χ3v) is 10.4. The van der Waals surface area contributed by atoms with Crippen LogP contribution in [-0.4, -0.2) is 18.2 Å². The van der Waals surface area contributed by atoms with E-state index in [2.05, 4.69) is 126 Å². The summed E-state index contributed by atoms with van der Waals surface area (Å²) in [6.07, 6.45) is 3.84. The van der Waals surface area contributed by atoms with E-state index in [1.54, 1.807) is 0 Å². The van der Waals surface area contributed by atoms with Gasteiger partial charge in [-0.2, -0.15) is 0 Å². The third kappa shape index (κ3) is 4.37. The molecular formula is C42H28N4OS. The fraction of sp³-hybridized carbons (Fsp3) is 0.0476. The third-order valence-electron chi connectivity index (χ3n) is 9.30. The average Bonchev–Trinajstić information content (AvgIpc) is 3.72. The minimum atomic E-state index is -0.305. The van der Waals surface area contributed by atoms with Crippen molar-refractivity contribution in [1.82, 2.24) is 5.32 Å². The second kappa shape index (κ2) is 10.8. The Morgan fingerprint density at radius 3 is 2.33 bits per heavy atom. The molecule has 48 heavy (non-hydrogen) atoms. The number of fused-ring (bicyclic) bond motifs is 7. The Morgan fingerprint density at radius 1 is 0.688 bits per heavy atom. The number of benzene rings is 6. The molecule has 1 atom stereocenters. The van der Waals surface area contributed by atoms with E-state index in [-0.39, 0.29) is 6.17 Å². The number of anilines is 1. The number of amidine groups is 2. The van der Waals surface area contributed by atoms with Crippen LogP contribution in [0.4, 0.5) is 5.69 Å². The summed E-state index contributed by atoms with van der Waals surface area (Å²) >= 11 is 1.84. The van der Waals surface area contributed by atoms with Crippen molar-refractivity contribution >= 4 is 76.7 Å². The zero-order chi connectivity index (χ0) is 31.6. The second-order valence-corrected chi connectivity index (χ2v) is 13.3. The van der Waals surface area contributed by atoms with Gasteiger partial charge in [-0.15, -0.1) is 11.3 Å². The lowest BCUT2D eigenvalue weighted by atomic mass is 9.94. The summed E-state index contributed by atoms with van der Waals surface area (Å²) in [5, 5.41) is 13.2. The normalized spacial score (nSPS) is 15.7. The van der Waals surface area contributed by atoms with Crippen molar-refractivity contribution < 1.29 is 4.42 Å². The van der Waals surface area contributed by atoms with Crippen LogP contribution in [0.15, 0.2) is 148 Å². The van der Waals surface area contributed by atoms with Crippen molar-refractivity contribution in [3.8, 4) is 11.1 Å². The van der Waals surface area contributed by atoms with Gasteiger partial charge < -0.3 is 15.1 Å². The topological polar surface area (TPSA) is 61.9 Å². The Labute approximate surface area is 280 Å². The minimum Gasteiger partial charge on any atom is -0.454 e. The van der Waals surface area contributed by atoms with E-state index in [9.17, 15) is 0 Å². The van der Waals surface area contributed by atoms with Gasteiger partial charge >= 0.3 is 0 Å². The summed E-state index contributed by atoms with van der Waals surface area (Å²) in [5.41, 5.74) is 7.04. The van der Waals surface area contributed by atoms with Gasteiger partial charge in [0.1, 0.15) is 17.6 Å². The van der Waals surface area contributed by atoms with Crippen LogP contribution in [0.2, 0.25) is 0 Å². The van der Waals surface area contributed by atoms with Crippen LogP contribution in [-0.2, 0) is 0 Å². The molecule has 0 amide bonds. The number of hydrogen-bond acceptors (Lipinski definition) is 6. The SMILES string of the molecule is C1=Cc2oc3cc(-c4cccc5sc6cc7ccccc7cc6c45)cc(C4=NC(c5ccccc5)NC(c5ccccc5)=N4)c3c2NC1. The van der Waals surface area contributed by atoms with Gasteiger partial charge in [0.2, 0.25) is 0 Å². The molecule has 8 aromatic rings. The van der Waals surface area contributed by atoms with Crippen molar-refractivity contribution in [2.75, 3.05) is 11.9 Å². The maximum Gasteiger partial charge on any atom is 0.160 e. The standard InChI is InChI=1S/C42H28N4OS/c1-3-11-25(12-4-1)40-44-41(26-13-5-2-6-14-26)46-42(45-40)32-22-29(23-34-38(32)39-33(47-34)18-10-20-43-39)30-17-9-19-35-37(30)31-21-27-15-7-8-16-28(27)24-36(31)48-35/h1-19,21-24,40,43H,20H2,(H,44,45,46). The summed E-state index contributed by atoms with van der Waals surface area (Å²) in [4.78, 5) is 10.5. The van der Waals surface area contributed by atoms with Crippen molar-refractivity contribution in [2.45, 2.75) is 6.17 Å². The maximum atomic E-state index is 6.58. The van der Waals surface area contributed by atoms with Gasteiger partial charge in [-0.1, -0.05) is 103 Å². The number of nitrogens with one attached hydrogen (secondary N) is 2. The Hall–Kier alpha value is -5.98. The lowest BCUT2D eigenvalue weighted by Crippen LogP contribution is -2.33. The molecule has 2 aliphatic heterocycles. The average molecular weight is 637 g/mol. The number of thiophene rings is 1. The molecule has 6 heteroatoms. The number of rotatable bonds is 4. The molecule has 0 aliphatic carbocycles. The van der Waals surface area contributed by atoms with Gasteiger partial charge in [0.05, 0.1) is 11.1 Å². The highest BCUT2D eigenvalue weighted by Crippen LogP contribution is 2.45. The monoisotopic (exact) mass is 636 g/mol. The first-order chi connectivity index (χ1) is 23.8. The predicted octanol–water partition coefficient (Wildman–Crippen LogP) is 10.6. The number of aliphatic imine (C=N–C) groups is 2. The number of hydrogen-bond donors (Lipinski definition) is 2. The van der Waals surface area contributed by atoms with Crippen LogP contribution >= 0.6 is 11.3 Å². The molecule has 5 nitrogen and oxygen atoms in total. The Bertz CT molecular complexity index is 2650. The fourth-order valence-corrected chi connectivity index (χ4v) is 8.23. The molecule has 2 N–H and O–H groups in total. The van der Waals surface area contributed by atoms with E-state index in [4.69, 9.17) is 14.4 Å². The predicted molar refractivity (Wildman–Crippen MR) is 201 cm³/mol. The van der Waals surface area contributed by atoms with Gasteiger partial charge in [-0.25, -0.2) is 9.98 Å². The molecule has 10 rings (SSSR count). The summed E-state index contributed by atoms with van der Waals surface area (Å²) in [6.45, 7) is 0.732. The van der Waals surface area contributed by atoms with Crippen LogP contribution in [0.1, 0.15) is 28.6 Å². The highest BCUT2D eigenvalue weighted by atomic mass is 32.1. The molecule has 228 valence electrons. The van der Waals surface area contributed by atoms with Crippen LogP contribution < -0.4 is 10.6 Å². The molecule has 0 fully saturated rings. The highest BCUT2D eigenvalue weighted by molar-refractivity contribution is 7.26. The largest absolute Gasteiger partial charge is 0.454 e. The zero-order valence-electron chi connectivity index (χ0n) is 25.8. The van der Waals surface area contributed by atoms with Gasteiger partial charge in [0, 0.05) is 37.8 Å². The number of furan rings is 1. The van der Waals surface area contributed by atoms with Crippen LogP contribution in [0.3, 0.4) is 0 Å². The molecule has 0 radical (unpaired) electrons. The Balaban J connectivity index is 1.25. The highest BCUT2D eigenvalue weighted by Gasteiger charge is 2.26. The van der Waals surface area contributed by atoms with Gasteiger partial charge in [-0.05, 0) is 63.9 Å². The lowest BCUT2D eigenvalue weighted by molar-refractivity contribution is 0.604. The molecule has 0 bridgehead atoms. The maximum absolute atomic E-state index is 6.58. The van der Waals surface area contributed by atoms with Gasteiger partial charge in [0.25, 0.3) is 0 Å².